The summed E-state index contributed by atoms with van der Waals surface area (Å²) in [7, 11) is -4.79. The number of esters is 2. The zero-order valence-corrected chi connectivity index (χ0v) is 12.6. The van der Waals surface area contributed by atoms with Gasteiger partial charge in [0.2, 0.25) is 5.90 Å². The molecule has 1 unspecified atom stereocenters. The maximum Gasteiger partial charge on any atom is 0.312 e. The van der Waals surface area contributed by atoms with Crippen molar-refractivity contribution in [3.8, 4) is 0 Å². The first-order valence-corrected chi connectivity index (χ1v) is 8.24. The van der Waals surface area contributed by atoms with E-state index < -0.39 is 45.5 Å². The molecule has 1 aliphatic rings. The Balaban J connectivity index is 2.90. The van der Waals surface area contributed by atoms with Gasteiger partial charge in [0.1, 0.15) is 0 Å². The van der Waals surface area contributed by atoms with E-state index in [1.54, 1.807) is 0 Å². The Morgan fingerprint density at radius 3 is 1.95 bits per heavy atom. The highest BCUT2D eigenvalue weighted by Gasteiger charge is 2.33. The molecule has 1 fully saturated rings. The van der Waals surface area contributed by atoms with Crippen LogP contribution in [0.2, 0.25) is 0 Å². The van der Waals surface area contributed by atoms with Gasteiger partial charge >= 0.3 is 11.9 Å². The quantitative estimate of drug-likeness (QED) is 0.477. The van der Waals surface area contributed by atoms with Crippen molar-refractivity contribution in [2.24, 2.45) is 0 Å². The van der Waals surface area contributed by atoms with Crippen molar-refractivity contribution >= 4 is 33.9 Å². The first-order valence-electron chi connectivity index (χ1n) is 6.73. The van der Waals surface area contributed by atoms with E-state index in [1.165, 1.54) is 0 Å². The van der Waals surface area contributed by atoms with Crippen LogP contribution in [0.4, 0.5) is 0 Å². The van der Waals surface area contributed by atoms with E-state index in [-0.39, 0.29) is 12.8 Å². The minimum atomic E-state index is -4.79. The molecule has 10 heteroatoms. The van der Waals surface area contributed by atoms with Crippen LogP contribution < -0.4 is 0 Å². The maximum absolute atomic E-state index is 11.5. The van der Waals surface area contributed by atoms with Crippen molar-refractivity contribution in [3.05, 3.63) is 0 Å². The van der Waals surface area contributed by atoms with Crippen molar-refractivity contribution in [1.82, 2.24) is 0 Å². The lowest BCUT2D eigenvalue weighted by Crippen LogP contribution is -2.35. The Labute approximate surface area is 127 Å². The van der Waals surface area contributed by atoms with E-state index in [2.05, 4.69) is 9.47 Å². The van der Waals surface area contributed by atoms with Crippen LogP contribution in [0, 0.1) is 10.8 Å². The molecular weight excluding hydrogens is 316 g/mol. The molecule has 0 bridgehead atoms. The topological polar surface area (TPSA) is 155 Å². The molecule has 1 rings (SSSR count). The molecule has 0 amide bonds. The summed E-state index contributed by atoms with van der Waals surface area (Å²) in [6, 6.07) is 0. The summed E-state index contributed by atoms with van der Waals surface area (Å²) in [6.45, 7) is 0. The number of carbonyl (C=O) groups excluding carboxylic acids is 2. The third-order valence-corrected chi connectivity index (χ3v) is 4.10. The van der Waals surface area contributed by atoms with Crippen molar-refractivity contribution in [2.75, 3.05) is 0 Å². The van der Waals surface area contributed by atoms with E-state index in [0.29, 0.717) is 25.7 Å². The van der Waals surface area contributed by atoms with E-state index in [4.69, 9.17) is 15.4 Å². The zero-order valence-electron chi connectivity index (χ0n) is 11.8. The molecule has 0 spiro atoms. The second kappa shape index (κ2) is 7.99. The summed E-state index contributed by atoms with van der Waals surface area (Å²) in [4.78, 5) is 22.9. The van der Waals surface area contributed by atoms with Gasteiger partial charge in [0.25, 0.3) is 10.1 Å². The van der Waals surface area contributed by atoms with Gasteiger partial charge in [0.15, 0.2) is 11.1 Å². The standard InChI is InChI=1S/C12H18N2O7S/c13-9-7-8(22(17,18)19)12(14)21-11(16)6-4-2-1-3-5-10(15)20-9/h8,13-14H,1-7H2,(H,17,18,19). The van der Waals surface area contributed by atoms with Gasteiger partial charge in [-0.15, -0.1) is 0 Å². The number of nitrogens with one attached hydrogen (secondary N) is 2. The Kier molecular flexibility index (Phi) is 6.62. The van der Waals surface area contributed by atoms with Crippen molar-refractivity contribution in [2.45, 2.75) is 50.2 Å². The lowest BCUT2D eigenvalue weighted by molar-refractivity contribution is -0.137. The number of cyclic esters (lactones) is 2. The highest BCUT2D eigenvalue weighted by atomic mass is 32.2. The first kappa shape index (κ1) is 18.2. The van der Waals surface area contributed by atoms with Crippen LogP contribution in [0.3, 0.4) is 0 Å². The third-order valence-electron chi connectivity index (χ3n) is 3.00. The number of ether oxygens (including phenoxy) is 2. The normalized spacial score (nSPS) is 23.4. The van der Waals surface area contributed by atoms with Crippen molar-refractivity contribution < 1.29 is 32.0 Å². The van der Waals surface area contributed by atoms with E-state index in [9.17, 15) is 18.0 Å². The van der Waals surface area contributed by atoms with Crippen molar-refractivity contribution in [3.63, 3.8) is 0 Å². The molecule has 3 N–H and O–H groups in total. The molecule has 1 aliphatic heterocycles. The molecule has 0 aromatic rings. The van der Waals surface area contributed by atoms with Crippen LogP contribution in [0.15, 0.2) is 0 Å². The molecule has 0 aromatic carbocycles. The van der Waals surface area contributed by atoms with Gasteiger partial charge in [-0.2, -0.15) is 8.42 Å². The van der Waals surface area contributed by atoms with Gasteiger partial charge in [0.05, 0.1) is 6.42 Å². The highest BCUT2D eigenvalue weighted by Crippen LogP contribution is 2.13. The summed E-state index contributed by atoms with van der Waals surface area (Å²) in [6.07, 6.45) is 1.67. The Morgan fingerprint density at radius 1 is 0.955 bits per heavy atom. The highest BCUT2D eigenvalue weighted by molar-refractivity contribution is 7.87. The SMILES string of the molecule is N=C1CC(S(=O)(=O)O)C(=N)OC(=O)CCCCCCC(=O)O1. The van der Waals surface area contributed by atoms with Gasteiger partial charge in [-0.3, -0.25) is 25.0 Å². The van der Waals surface area contributed by atoms with E-state index >= 15 is 0 Å². The smallest absolute Gasteiger partial charge is 0.312 e. The monoisotopic (exact) mass is 334 g/mol. The fourth-order valence-electron chi connectivity index (χ4n) is 1.86. The molecule has 1 heterocycles. The molecule has 0 radical (unpaired) electrons. The molecular formula is C12H18N2O7S. The van der Waals surface area contributed by atoms with Crippen LogP contribution in [0.1, 0.15) is 44.9 Å². The Bertz CT molecular complexity index is 570. The molecule has 1 atom stereocenters. The number of hydrogen-bond acceptors (Lipinski definition) is 8. The van der Waals surface area contributed by atoms with Gasteiger partial charge in [-0.1, -0.05) is 12.8 Å². The van der Waals surface area contributed by atoms with Crippen LogP contribution in [-0.2, 0) is 29.2 Å². The van der Waals surface area contributed by atoms with Gasteiger partial charge in [0, 0.05) is 12.8 Å². The summed E-state index contributed by atoms with van der Waals surface area (Å²) < 4.78 is 40.8. The van der Waals surface area contributed by atoms with Crippen molar-refractivity contribution in [1.29, 1.82) is 10.8 Å². The molecule has 0 aliphatic carbocycles. The lowest BCUT2D eigenvalue weighted by atomic mass is 10.1. The average molecular weight is 334 g/mol. The maximum atomic E-state index is 11.5. The van der Waals surface area contributed by atoms with Gasteiger partial charge in [-0.25, -0.2) is 0 Å². The van der Waals surface area contributed by atoms with Crippen LogP contribution in [0.5, 0.6) is 0 Å². The second-order valence-corrected chi connectivity index (χ2v) is 6.46. The minimum absolute atomic E-state index is 0.00245. The van der Waals surface area contributed by atoms with Crippen LogP contribution >= 0.6 is 0 Å². The summed E-state index contributed by atoms with van der Waals surface area (Å²) >= 11 is 0. The fraction of sp³-hybridized carbons (Fsp3) is 0.667. The fourth-order valence-corrected chi connectivity index (χ4v) is 2.54. The molecule has 124 valence electrons. The van der Waals surface area contributed by atoms with Gasteiger partial charge < -0.3 is 9.47 Å². The average Bonchev–Trinajstić information content (AvgIpc) is 2.37. The lowest BCUT2D eigenvalue weighted by Gasteiger charge is -2.15. The largest absolute Gasteiger partial charge is 0.412 e. The second-order valence-electron chi connectivity index (χ2n) is 4.86. The molecule has 1 saturated heterocycles. The predicted octanol–water partition coefficient (Wildman–Crippen LogP) is 1.03. The number of hydrogen-bond donors (Lipinski definition) is 3. The van der Waals surface area contributed by atoms with E-state index in [0.717, 1.165) is 0 Å². The zero-order chi connectivity index (χ0) is 16.8. The molecule has 22 heavy (non-hydrogen) atoms. The Morgan fingerprint density at radius 2 is 1.45 bits per heavy atom. The third kappa shape index (κ3) is 6.31. The summed E-state index contributed by atoms with van der Waals surface area (Å²) in [5.74, 6) is -3.17. The summed E-state index contributed by atoms with van der Waals surface area (Å²) in [5.41, 5.74) is 0. The molecule has 0 aromatic heterocycles. The van der Waals surface area contributed by atoms with Gasteiger partial charge in [-0.05, 0) is 12.8 Å². The summed E-state index contributed by atoms with van der Waals surface area (Å²) in [5, 5.41) is 13.0. The predicted molar refractivity (Wildman–Crippen MR) is 75.3 cm³/mol. The Hall–Kier alpha value is -1.81. The number of rotatable bonds is 1. The first-order chi connectivity index (χ1) is 10.2. The van der Waals surface area contributed by atoms with E-state index in [1.807, 2.05) is 0 Å². The number of carbonyl (C=O) groups is 2. The van der Waals surface area contributed by atoms with Crippen LogP contribution in [-0.4, -0.2) is 42.0 Å². The molecule has 0 saturated carbocycles. The minimum Gasteiger partial charge on any atom is -0.412 e. The molecule has 9 nitrogen and oxygen atoms in total. The van der Waals surface area contributed by atoms with Crippen LogP contribution in [0.25, 0.3) is 0 Å².